The second kappa shape index (κ2) is 5.25. The Hall–Kier alpha value is -0.170. The molecular formula is C9H20N2O3S. The SMILES string of the molecule is CC(C)NS(=O)(=O)N1CCCC(CO)C1. The number of aliphatic hydroxyl groups is 1. The Morgan fingerprint density at radius 2 is 2.20 bits per heavy atom. The minimum atomic E-state index is -3.35. The number of hydrogen-bond donors (Lipinski definition) is 2. The number of rotatable bonds is 4. The van der Waals surface area contributed by atoms with Crippen molar-refractivity contribution in [1.82, 2.24) is 9.03 Å². The molecule has 0 bridgehead atoms. The van der Waals surface area contributed by atoms with Crippen molar-refractivity contribution in [3.63, 3.8) is 0 Å². The van der Waals surface area contributed by atoms with Gasteiger partial charge in [0.2, 0.25) is 0 Å². The molecule has 2 N–H and O–H groups in total. The molecule has 0 aromatic heterocycles. The molecule has 0 spiro atoms. The maximum absolute atomic E-state index is 11.8. The van der Waals surface area contributed by atoms with Crippen LogP contribution in [0, 0.1) is 5.92 Å². The zero-order chi connectivity index (χ0) is 11.5. The largest absolute Gasteiger partial charge is 0.396 e. The van der Waals surface area contributed by atoms with Gasteiger partial charge >= 0.3 is 0 Å². The summed E-state index contributed by atoms with van der Waals surface area (Å²) in [5, 5.41) is 9.01. The molecule has 0 aromatic rings. The average molecular weight is 236 g/mol. The summed E-state index contributed by atoms with van der Waals surface area (Å²) in [5.41, 5.74) is 0. The zero-order valence-corrected chi connectivity index (χ0v) is 10.1. The van der Waals surface area contributed by atoms with E-state index in [0.29, 0.717) is 13.1 Å². The van der Waals surface area contributed by atoms with Crippen LogP contribution in [0.3, 0.4) is 0 Å². The van der Waals surface area contributed by atoms with Gasteiger partial charge in [-0.2, -0.15) is 17.4 Å². The molecule has 6 heteroatoms. The lowest BCUT2D eigenvalue weighted by Gasteiger charge is -2.31. The quantitative estimate of drug-likeness (QED) is 0.718. The van der Waals surface area contributed by atoms with E-state index in [0.717, 1.165) is 12.8 Å². The Morgan fingerprint density at radius 3 is 2.73 bits per heavy atom. The molecule has 1 aliphatic rings. The molecule has 90 valence electrons. The van der Waals surface area contributed by atoms with E-state index in [1.807, 2.05) is 0 Å². The van der Waals surface area contributed by atoms with Crippen molar-refractivity contribution in [2.45, 2.75) is 32.7 Å². The van der Waals surface area contributed by atoms with Crippen LogP contribution in [0.5, 0.6) is 0 Å². The van der Waals surface area contributed by atoms with Crippen LogP contribution in [0.15, 0.2) is 0 Å². The van der Waals surface area contributed by atoms with Crippen molar-refractivity contribution in [3.05, 3.63) is 0 Å². The van der Waals surface area contributed by atoms with Crippen LogP contribution in [-0.4, -0.2) is 43.6 Å². The Bertz CT molecular complexity index is 290. The zero-order valence-electron chi connectivity index (χ0n) is 9.31. The summed E-state index contributed by atoms with van der Waals surface area (Å²) in [5.74, 6) is 0.0856. The van der Waals surface area contributed by atoms with E-state index in [1.54, 1.807) is 13.8 Å². The second-order valence-electron chi connectivity index (χ2n) is 4.33. The molecule has 1 heterocycles. The lowest BCUT2D eigenvalue weighted by atomic mass is 10.0. The average Bonchev–Trinajstić information content (AvgIpc) is 2.16. The highest BCUT2D eigenvalue weighted by molar-refractivity contribution is 7.87. The van der Waals surface area contributed by atoms with Crippen molar-refractivity contribution in [2.24, 2.45) is 5.92 Å². The van der Waals surface area contributed by atoms with E-state index in [4.69, 9.17) is 5.11 Å². The van der Waals surface area contributed by atoms with Gasteiger partial charge in [0.05, 0.1) is 0 Å². The van der Waals surface area contributed by atoms with E-state index >= 15 is 0 Å². The smallest absolute Gasteiger partial charge is 0.279 e. The summed E-state index contributed by atoms with van der Waals surface area (Å²) in [6, 6.07) is -0.0931. The predicted octanol–water partition coefficient (Wildman–Crippen LogP) is -0.0665. The van der Waals surface area contributed by atoms with Gasteiger partial charge in [0, 0.05) is 25.7 Å². The second-order valence-corrected chi connectivity index (χ2v) is 6.03. The minimum Gasteiger partial charge on any atom is -0.396 e. The van der Waals surface area contributed by atoms with E-state index in [-0.39, 0.29) is 18.6 Å². The first-order valence-corrected chi connectivity index (χ1v) is 6.78. The van der Waals surface area contributed by atoms with Gasteiger partial charge in [-0.1, -0.05) is 0 Å². The highest BCUT2D eigenvalue weighted by Gasteiger charge is 2.28. The van der Waals surface area contributed by atoms with Crippen LogP contribution >= 0.6 is 0 Å². The summed E-state index contributed by atoms with van der Waals surface area (Å²) in [7, 11) is -3.35. The van der Waals surface area contributed by atoms with Gasteiger partial charge in [0.1, 0.15) is 0 Å². The Balaban J connectivity index is 2.62. The van der Waals surface area contributed by atoms with Crippen LogP contribution in [0.2, 0.25) is 0 Å². The van der Waals surface area contributed by atoms with Gasteiger partial charge in [-0.25, -0.2) is 0 Å². The maximum Gasteiger partial charge on any atom is 0.279 e. The summed E-state index contributed by atoms with van der Waals surface area (Å²) < 4.78 is 27.6. The third-order valence-electron chi connectivity index (χ3n) is 2.46. The van der Waals surface area contributed by atoms with Gasteiger partial charge in [-0.15, -0.1) is 0 Å². The fourth-order valence-corrected chi connectivity index (χ4v) is 3.29. The van der Waals surface area contributed by atoms with Crippen LogP contribution < -0.4 is 4.72 Å². The number of hydrogen-bond acceptors (Lipinski definition) is 3. The van der Waals surface area contributed by atoms with Gasteiger partial charge in [-0.05, 0) is 32.6 Å². The van der Waals surface area contributed by atoms with Crippen LogP contribution in [0.25, 0.3) is 0 Å². The standard InChI is InChI=1S/C9H20N2O3S/c1-8(2)10-15(13,14)11-5-3-4-9(6-11)7-12/h8-10,12H,3-7H2,1-2H3. The first-order valence-electron chi connectivity index (χ1n) is 5.34. The van der Waals surface area contributed by atoms with Gasteiger partial charge in [0.25, 0.3) is 10.2 Å². The van der Waals surface area contributed by atoms with Gasteiger partial charge in [-0.3, -0.25) is 0 Å². The normalized spacial score (nSPS) is 24.7. The minimum absolute atomic E-state index is 0.0632. The number of nitrogens with one attached hydrogen (secondary N) is 1. The van der Waals surface area contributed by atoms with E-state index in [9.17, 15) is 8.42 Å². The highest BCUT2D eigenvalue weighted by atomic mass is 32.2. The predicted molar refractivity (Wildman–Crippen MR) is 58.6 cm³/mol. The fraction of sp³-hybridized carbons (Fsp3) is 1.00. The van der Waals surface area contributed by atoms with Crippen molar-refractivity contribution in [2.75, 3.05) is 19.7 Å². The van der Waals surface area contributed by atoms with Crippen LogP contribution in [0.4, 0.5) is 0 Å². The molecule has 1 rings (SSSR count). The van der Waals surface area contributed by atoms with E-state index < -0.39 is 10.2 Å². The van der Waals surface area contributed by atoms with Crippen molar-refractivity contribution >= 4 is 10.2 Å². The molecule has 0 saturated carbocycles. The molecule has 15 heavy (non-hydrogen) atoms. The Labute approximate surface area is 91.7 Å². The monoisotopic (exact) mass is 236 g/mol. The summed E-state index contributed by atoms with van der Waals surface area (Å²) >= 11 is 0. The molecule has 1 unspecified atom stereocenters. The molecule has 0 radical (unpaired) electrons. The lowest BCUT2D eigenvalue weighted by Crippen LogP contribution is -2.48. The highest BCUT2D eigenvalue weighted by Crippen LogP contribution is 2.17. The van der Waals surface area contributed by atoms with Crippen LogP contribution in [-0.2, 0) is 10.2 Å². The first-order chi connectivity index (χ1) is 6.95. The third-order valence-corrected chi connectivity index (χ3v) is 4.25. The maximum atomic E-state index is 11.8. The molecule has 5 nitrogen and oxygen atoms in total. The van der Waals surface area contributed by atoms with Crippen LogP contribution in [0.1, 0.15) is 26.7 Å². The summed E-state index contributed by atoms with van der Waals surface area (Å²) in [6.45, 7) is 4.64. The van der Waals surface area contributed by atoms with Crippen molar-refractivity contribution in [3.8, 4) is 0 Å². The number of aliphatic hydroxyl groups excluding tert-OH is 1. The van der Waals surface area contributed by atoms with E-state index in [2.05, 4.69) is 4.72 Å². The molecule has 0 aliphatic carbocycles. The summed E-state index contributed by atoms with van der Waals surface area (Å²) in [4.78, 5) is 0. The molecule has 1 aliphatic heterocycles. The molecule has 1 fully saturated rings. The van der Waals surface area contributed by atoms with Gasteiger partial charge < -0.3 is 5.11 Å². The lowest BCUT2D eigenvalue weighted by molar-refractivity contribution is 0.164. The summed E-state index contributed by atoms with van der Waals surface area (Å²) in [6.07, 6.45) is 1.73. The number of nitrogens with zero attached hydrogens (tertiary/aromatic N) is 1. The third kappa shape index (κ3) is 3.71. The molecule has 0 amide bonds. The molecule has 0 aromatic carbocycles. The Morgan fingerprint density at radius 1 is 1.53 bits per heavy atom. The topological polar surface area (TPSA) is 69.6 Å². The number of piperidine rings is 1. The van der Waals surface area contributed by atoms with Crippen molar-refractivity contribution in [1.29, 1.82) is 0 Å². The molecule has 1 saturated heterocycles. The van der Waals surface area contributed by atoms with Crippen molar-refractivity contribution < 1.29 is 13.5 Å². The fourth-order valence-electron chi connectivity index (χ4n) is 1.77. The van der Waals surface area contributed by atoms with E-state index in [1.165, 1.54) is 4.31 Å². The van der Waals surface area contributed by atoms with Gasteiger partial charge in [0.15, 0.2) is 0 Å². The molecule has 1 atom stereocenters. The molecular weight excluding hydrogens is 216 g/mol. The first kappa shape index (κ1) is 12.9. The Kier molecular flexibility index (Phi) is 4.51.